The number of hydrogen-bond acceptors (Lipinski definition) is 1. The van der Waals surface area contributed by atoms with E-state index in [1.807, 2.05) is 0 Å². The lowest BCUT2D eigenvalue weighted by Gasteiger charge is -2.03. The van der Waals surface area contributed by atoms with E-state index in [-0.39, 0.29) is 0 Å². The summed E-state index contributed by atoms with van der Waals surface area (Å²) in [7, 11) is 0. The Morgan fingerprint density at radius 1 is 0.733 bits per heavy atom. The van der Waals surface area contributed by atoms with Gasteiger partial charge in [-0.1, -0.05) is 52.9 Å². The molecule has 0 bridgehead atoms. The Morgan fingerprint density at radius 2 is 1.27 bits per heavy atom. The van der Waals surface area contributed by atoms with Crippen molar-refractivity contribution < 1.29 is 0 Å². The summed E-state index contributed by atoms with van der Waals surface area (Å²) in [6.45, 7) is 8.31. The summed E-state index contributed by atoms with van der Waals surface area (Å²) in [5.74, 6) is 0. The highest BCUT2D eigenvalue weighted by atomic mass is 15.3. The predicted octanol–water partition coefficient (Wildman–Crippen LogP) is 4.22. The summed E-state index contributed by atoms with van der Waals surface area (Å²) in [5, 5.41) is 0. The fourth-order valence-corrected chi connectivity index (χ4v) is 2.81. The van der Waals surface area contributed by atoms with E-state index in [0.29, 0.717) is 0 Å². The van der Waals surface area contributed by atoms with Gasteiger partial charge in [0.15, 0.2) is 0 Å². The second-order valence-electron chi connectivity index (χ2n) is 4.96. The molecule has 0 aliphatic carbocycles. The van der Waals surface area contributed by atoms with E-state index in [1.54, 1.807) is 0 Å². The van der Waals surface area contributed by atoms with Crippen molar-refractivity contribution in [3.8, 4) is 0 Å². The molecule has 1 nitrogen and oxygen atoms in total. The zero-order valence-electron chi connectivity index (χ0n) is 11.0. The Kier molecular flexibility index (Phi) is 6.31. The van der Waals surface area contributed by atoms with Crippen LogP contribution >= 0.6 is 0 Å². The Morgan fingerprint density at radius 3 is 1.80 bits per heavy atom. The molecular formula is C14H29N. The third kappa shape index (κ3) is 4.14. The van der Waals surface area contributed by atoms with Crippen molar-refractivity contribution in [3.05, 3.63) is 0 Å². The lowest BCUT2D eigenvalue weighted by molar-refractivity contribution is 0.440. The van der Waals surface area contributed by atoms with E-state index < -0.39 is 0 Å². The third-order valence-corrected chi connectivity index (χ3v) is 3.81. The van der Waals surface area contributed by atoms with Gasteiger partial charge in [-0.15, -0.1) is 0 Å². The molecule has 1 saturated heterocycles. The van der Waals surface area contributed by atoms with Gasteiger partial charge in [-0.05, 0) is 25.8 Å². The monoisotopic (exact) mass is 211 g/mol. The first kappa shape index (κ1) is 13.0. The average molecular weight is 211 g/mol. The molecule has 1 aliphatic rings. The highest BCUT2D eigenvalue weighted by molar-refractivity contribution is 4.99. The molecule has 0 aromatic heterocycles. The van der Waals surface area contributed by atoms with Crippen molar-refractivity contribution in [2.75, 3.05) is 6.54 Å². The van der Waals surface area contributed by atoms with Crippen LogP contribution in [-0.2, 0) is 0 Å². The quantitative estimate of drug-likeness (QED) is 0.407. The normalized spacial score (nSPS) is 29.4. The maximum Gasteiger partial charge on any atom is 0.0252 e. The first-order valence-electron chi connectivity index (χ1n) is 7.10. The molecule has 0 aromatic rings. The van der Waals surface area contributed by atoms with E-state index in [9.17, 15) is 0 Å². The van der Waals surface area contributed by atoms with Crippen molar-refractivity contribution in [1.82, 2.24) is 4.90 Å². The third-order valence-electron chi connectivity index (χ3n) is 3.81. The summed E-state index contributed by atoms with van der Waals surface area (Å²) in [6.07, 6.45) is 11.3. The highest BCUT2D eigenvalue weighted by Gasteiger charge is 2.43. The first-order valence-corrected chi connectivity index (χ1v) is 7.10. The van der Waals surface area contributed by atoms with Gasteiger partial charge < -0.3 is 0 Å². The van der Waals surface area contributed by atoms with Crippen LogP contribution in [0.4, 0.5) is 0 Å². The van der Waals surface area contributed by atoms with Gasteiger partial charge in [-0.3, -0.25) is 4.90 Å². The molecule has 0 spiro atoms. The number of hydrogen-bond donors (Lipinski definition) is 0. The molecule has 0 radical (unpaired) electrons. The van der Waals surface area contributed by atoms with Crippen LogP contribution in [0.25, 0.3) is 0 Å². The summed E-state index contributed by atoms with van der Waals surface area (Å²) >= 11 is 0. The molecule has 90 valence electrons. The van der Waals surface area contributed by atoms with Gasteiger partial charge in [0.1, 0.15) is 0 Å². The second-order valence-corrected chi connectivity index (χ2v) is 4.96. The van der Waals surface area contributed by atoms with Crippen LogP contribution in [0.5, 0.6) is 0 Å². The Labute approximate surface area is 96.2 Å². The lowest BCUT2D eigenvalue weighted by Crippen LogP contribution is -2.04. The summed E-state index contributed by atoms with van der Waals surface area (Å²) in [6, 6.07) is 1.87. The standard InChI is InChI=1S/C14H29N/c1-4-7-8-9-10-11-12-15-13(5-2)14(15)6-3/h13-14H,4-12H2,1-3H3. The fraction of sp³-hybridized carbons (Fsp3) is 1.00. The molecule has 15 heavy (non-hydrogen) atoms. The van der Waals surface area contributed by atoms with Gasteiger partial charge in [-0.2, -0.15) is 0 Å². The SMILES string of the molecule is CCCCCCCCN1C(CC)C1CC. The van der Waals surface area contributed by atoms with E-state index in [0.717, 1.165) is 12.1 Å². The molecule has 2 atom stereocenters. The number of nitrogens with zero attached hydrogens (tertiary/aromatic N) is 1. The zero-order valence-corrected chi connectivity index (χ0v) is 11.0. The molecule has 2 unspecified atom stereocenters. The minimum atomic E-state index is 0.936. The molecule has 1 aliphatic heterocycles. The van der Waals surface area contributed by atoms with E-state index >= 15 is 0 Å². The van der Waals surface area contributed by atoms with E-state index in [2.05, 4.69) is 25.7 Å². The van der Waals surface area contributed by atoms with Crippen molar-refractivity contribution in [2.45, 2.75) is 84.2 Å². The van der Waals surface area contributed by atoms with Gasteiger partial charge >= 0.3 is 0 Å². The molecule has 1 rings (SSSR count). The van der Waals surface area contributed by atoms with Crippen LogP contribution in [0.2, 0.25) is 0 Å². The van der Waals surface area contributed by atoms with Gasteiger partial charge in [0.2, 0.25) is 0 Å². The second kappa shape index (κ2) is 7.27. The Bertz CT molecular complexity index is 145. The summed E-state index contributed by atoms with van der Waals surface area (Å²) in [4.78, 5) is 2.71. The molecule has 0 amide bonds. The minimum absolute atomic E-state index is 0.936. The van der Waals surface area contributed by atoms with Crippen molar-refractivity contribution in [1.29, 1.82) is 0 Å². The Hall–Kier alpha value is -0.0400. The first-order chi connectivity index (χ1) is 7.35. The maximum atomic E-state index is 2.71. The molecule has 0 N–H and O–H groups in total. The van der Waals surface area contributed by atoms with Crippen LogP contribution in [0, 0.1) is 0 Å². The molecule has 1 heteroatoms. The number of rotatable bonds is 9. The molecule has 1 fully saturated rings. The highest BCUT2D eigenvalue weighted by Crippen LogP contribution is 2.33. The van der Waals surface area contributed by atoms with Crippen LogP contribution in [0.1, 0.15) is 72.1 Å². The average Bonchev–Trinajstić information content (AvgIpc) is 2.95. The Balaban J connectivity index is 1.92. The summed E-state index contributed by atoms with van der Waals surface area (Å²) < 4.78 is 0. The molecule has 1 heterocycles. The molecule has 0 saturated carbocycles. The van der Waals surface area contributed by atoms with Gasteiger partial charge in [0.05, 0.1) is 0 Å². The van der Waals surface area contributed by atoms with Crippen LogP contribution in [0.3, 0.4) is 0 Å². The largest absolute Gasteiger partial charge is 0.294 e. The summed E-state index contributed by atoms with van der Waals surface area (Å²) in [5.41, 5.74) is 0. The van der Waals surface area contributed by atoms with Gasteiger partial charge in [-0.25, -0.2) is 0 Å². The van der Waals surface area contributed by atoms with Crippen molar-refractivity contribution in [2.24, 2.45) is 0 Å². The van der Waals surface area contributed by atoms with Crippen LogP contribution < -0.4 is 0 Å². The smallest absolute Gasteiger partial charge is 0.0252 e. The topological polar surface area (TPSA) is 3.01 Å². The molecule has 0 aromatic carbocycles. The molecular weight excluding hydrogens is 182 g/mol. The minimum Gasteiger partial charge on any atom is -0.294 e. The van der Waals surface area contributed by atoms with Crippen molar-refractivity contribution in [3.63, 3.8) is 0 Å². The van der Waals surface area contributed by atoms with E-state index in [4.69, 9.17) is 0 Å². The van der Waals surface area contributed by atoms with Crippen LogP contribution in [0.15, 0.2) is 0 Å². The number of unbranched alkanes of at least 4 members (excludes halogenated alkanes) is 5. The van der Waals surface area contributed by atoms with Crippen LogP contribution in [-0.4, -0.2) is 23.5 Å². The van der Waals surface area contributed by atoms with E-state index in [1.165, 1.54) is 57.9 Å². The predicted molar refractivity (Wildman–Crippen MR) is 68.2 cm³/mol. The van der Waals surface area contributed by atoms with Gasteiger partial charge in [0, 0.05) is 12.1 Å². The maximum absolute atomic E-state index is 2.71. The van der Waals surface area contributed by atoms with Crippen molar-refractivity contribution >= 4 is 0 Å². The zero-order chi connectivity index (χ0) is 11.1. The fourth-order valence-electron chi connectivity index (χ4n) is 2.81. The van der Waals surface area contributed by atoms with Gasteiger partial charge in [0.25, 0.3) is 0 Å². The lowest BCUT2D eigenvalue weighted by atomic mass is 10.1.